The maximum atomic E-state index is 11.5. The molecule has 0 bridgehead atoms. The van der Waals surface area contributed by atoms with E-state index in [2.05, 4.69) is 0 Å². The van der Waals surface area contributed by atoms with Gasteiger partial charge in [0.1, 0.15) is 5.75 Å². The van der Waals surface area contributed by atoms with Gasteiger partial charge >= 0.3 is 5.97 Å². The SMILES string of the molecule is CCOC(=O)c1ccc(CCOc2ccccc2)cc1. The van der Waals surface area contributed by atoms with Crippen molar-refractivity contribution in [2.24, 2.45) is 0 Å². The fraction of sp³-hybridized carbons (Fsp3) is 0.235. The Balaban J connectivity index is 1.83. The van der Waals surface area contributed by atoms with E-state index in [1.807, 2.05) is 42.5 Å². The van der Waals surface area contributed by atoms with Gasteiger partial charge in [-0.05, 0) is 36.8 Å². The van der Waals surface area contributed by atoms with E-state index < -0.39 is 0 Å². The van der Waals surface area contributed by atoms with Crippen LogP contribution in [-0.4, -0.2) is 19.2 Å². The fourth-order valence-electron chi connectivity index (χ4n) is 1.83. The Hall–Kier alpha value is -2.29. The third-order valence-electron chi connectivity index (χ3n) is 2.87. The van der Waals surface area contributed by atoms with E-state index in [4.69, 9.17) is 9.47 Å². The van der Waals surface area contributed by atoms with E-state index in [0.717, 1.165) is 17.7 Å². The summed E-state index contributed by atoms with van der Waals surface area (Å²) in [4.78, 5) is 11.5. The molecular weight excluding hydrogens is 252 g/mol. The fourth-order valence-corrected chi connectivity index (χ4v) is 1.83. The zero-order chi connectivity index (χ0) is 14.2. The monoisotopic (exact) mass is 270 g/mol. The van der Waals surface area contributed by atoms with Gasteiger partial charge in [0.25, 0.3) is 0 Å². The molecule has 0 aromatic heterocycles. The predicted octanol–water partition coefficient (Wildman–Crippen LogP) is 3.48. The van der Waals surface area contributed by atoms with Crippen LogP contribution >= 0.6 is 0 Å². The Morgan fingerprint density at radius 1 is 1.00 bits per heavy atom. The van der Waals surface area contributed by atoms with Crippen molar-refractivity contribution < 1.29 is 14.3 Å². The van der Waals surface area contributed by atoms with Gasteiger partial charge < -0.3 is 9.47 Å². The highest BCUT2D eigenvalue weighted by molar-refractivity contribution is 5.89. The Labute approximate surface area is 119 Å². The van der Waals surface area contributed by atoms with Crippen LogP contribution in [0, 0.1) is 0 Å². The van der Waals surface area contributed by atoms with E-state index in [1.165, 1.54) is 0 Å². The number of esters is 1. The van der Waals surface area contributed by atoms with Crippen LogP contribution in [0.3, 0.4) is 0 Å². The molecule has 0 atom stereocenters. The molecule has 0 unspecified atom stereocenters. The quantitative estimate of drug-likeness (QED) is 0.754. The van der Waals surface area contributed by atoms with Crippen LogP contribution in [0.4, 0.5) is 0 Å². The Morgan fingerprint density at radius 3 is 2.35 bits per heavy atom. The largest absolute Gasteiger partial charge is 0.493 e. The van der Waals surface area contributed by atoms with Crippen LogP contribution in [0.5, 0.6) is 5.75 Å². The number of hydrogen-bond acceptors (Lipinski definition) is 3. The zero-order valence-electron chi connectivity index (χ0n) is 11.5. The summed E-state index contributed by atoms with van der Waals surface area (Å²) < 4.78 is 10.6. The van der Waals surface area contributed by atoms with Gasteiger partial charge in [-0.1, -0.05) is 30.3 Å². The third kappa shape index (κ3) is 4.12. The van der Waals surface area contributed by atoms with E-state index in [-0.39, 0.29) is 5.97 Å². The van der Waals surface area contributed by atoms with Crippen LogP contribution in [-0.2, 0) is 11.2 Å². The Morgan fingerprint density at radius 2 is 1.70 bits per heavy atom. The molecule has 3 nitrogen and oxygen atoms in total. The molecule has 0 aliphatic rings. The minimum Gasteiger partial charge on any atom is -0.493 e. The Kier molecular flexibility index (Phi) is 5.18. The van der Waals surface area contributed by atoms with Crippen molar-refractivity contribution in [3.05, 3.63) is 65.7 Å². The summed E-state index contributed by atoms with van der Waals surface area (Å²) >= 11 is 0. The molecule has 0 fully saturated rings. The third-order valence-corrected chi connectivity index (χ3v) is 2.87. The molecule has 0 radical (unpaired) electrons. The summed E-state index contributed by atoms with van der Waals surface area (Å²) in [7, 11) is 0. The number of carbonyl (C=O) groups excluding carboxylic acids is 1. The zero-order valence-corrected chi connectivity index (χ0v) is 11.5. The van der Waals surface area contributed by atoms with E-state index in [9.17, 15) is 4.79 Å². The molecule has 20 heavy (non-hydrogen) atoms. The summed E-state index contributed by atoms with van der Waals surface area (Å²) in [6.45, 7) is 2.81. The molecule has 0 N–H and O–H groups in total. The van der Waals surface area contributed by atoms with Crippen LogP contribution in [0.15, 0.2) is 54.6 Å². The molecule has 3 heteroatoms. The lowest BCUT2D eigenvalue weighted by Gasteiger charge is -2.06. The standard InChI is InChI=1S/C17H18O3/c1-2-19-17(18)15-10-8-14(9-11-15)12-13-20-16-6-4-3-5-7-16/h3-11H,2,12-13H2,1H3. The van der Waals surface area contributed by atoms with Gasteiger partial charge in [-0.25, -0.2) is 4.79 Å². The maximum Gasteiger partial charge on any atom is 0.338 e. The number of hydrogen-bond donors (Lipinski definition) is 0. The molecule has 0 aliphatic heterocycles. The first kappa shape index (κ1) is 14.1. The number of benzene rings is 2. The molecule has 0 amide bonds. The molecule has 0 aliphatic carbocycles. The van der Waals surface area contributed by atoms with E-state index >= 15 is 0 Å². The first-order chi connectivity index (χ1) is 9.79. The highest BCUT2D eigenvalue weighted by Crippen LogP contribution is 2.10. The van der Waals surface area contributed by atoms with Crippen molar-refractivity contribution in [1.82, 2.24) is 0 Å². The van der Waals surface area contributed by atoms with Crippen molar-refractivity contribution in [3.8, 4) is 5.75 Å². The molecule has 0 heterocycles. The first-order valence-electron chi connectivity index (χ1n) is 6.73. The minimum absolute atomic E-state index is 0.278. The van der Waals surface area contributed by atoms with E-state index in [0.29, 0.717) is 18.8 Å². The molecule has 0 spiro atoms. The van der Waals surface area contributed by atoms with Crippen molar-refractivity contribution in [3.63, 3.8) is 0 Å². The van der Waals surface area contributed by atoms with Gasteiger partial charge in [-0.15, -0.1) is 0 Å². The Bertz CT molecular complexity index is 532. The normalized spacial score (nSPS) is 10.1. The van der Waals surface area contributed by atoms with Gasteiger partial charge in [0.15, 0.2) is 0 Å². The second kappa shape index (κ2) is 7.34. The highest BCUT2D eigenvalue weighted by atomic mass is 16.5. The number of rotatable bonds is 6. The van der Waals surface area contributed by atoms with Crippen molar-refractivity contribution in [2.75, 3.05) is 13.2 Å². The van der Waals surface area contributed by atoms with Gasteiger partial charge in [0, 0.05) is 6.42 Å². The van der Waals surface area contributed by atoms with Crippen molar-refractivity contribution in [2.45, 2.75) is 13.3 Å². The van der Waals surface area contributed by atoms with Crippen LogP contribution in [0.2, 0.25) is 0 Å². The summed E-state index contributed by atoms with van der Waals surface area (Å²) in [6.07, 6.45) is 0.804. The van der Waals surface area contributed by atoms with Gasteiger partial charge in [-0.3, -0.25) is 0 Å². The number of carbonyl (C=O) groups is 1. The highest BCUT2D eigenvalue weighted by Gasteiger charge is 2.05. The minimum atomic E-state index is -0.278. The average Bonchev–Trinajstić information content (AvgIpc) is 2.49. The van der Waals surface area contributed by atoms with Gasteiger partial charge in [-0.2, -0.15) is 0 Å². The van der Waals surface area contributed by atoms with Crippen LogP contribution in [0.25, 0.3) is 0 Å². The lowest BCUT2D eigenvalue weighted by molar-refractivity contribution is 0.0526. The molecule has 2 aromatic rings. The van der Waals surface area contributed by atoms with E-state index in [1.54, 1.807) is 19.1 Å². The second-order valence-electron chi connectivity index (χ2n) is 4.33. The van der Waals surface area contributed by atoms with Gasteiger partial charge in [0.2, 0.25) is 0 Å². The molecule has 2 rings (SSSR count). The average molecular weight is 270 g/mol. The lowest BCUT2D eigenvalue weighted by Crippen LogP contribution is -2.05. The topological polar surface area (TPSA) is 35.5 Å². The first-order valence-corrected chi connectivity index (χ1v) is 6.73. The van der Waals surface area contributed by atoms with Crippen LogP contribution < -0.4 is 4.74 Å². The number of para-hydroxylation sites is 1. The number of ether oxygens (including phenoxy) is 2. The second-order valence-corrected chi connectivity index (χ2v) is 4.33. The molecule has 0 saturated carbocycles. The smallest absolute Gasteiger partial charge is 0.338 e. The summed E-state index contributed by atoms with van der Waals surface area (Å²) in [5.74, 6) is 0.593. The summed E-state index contributed by atoms with van der Waals surface area (Å²) in [5, 5.41) is 0. The molecule has 2 aromatic carbocycles. The van der Waals surface area contributed by atoms with Crippen LogP contribution in [0.1, 0.15) is 22.8 Å². The van der Waals surface area contributed by atoms with Gasteiger partial charge in [0.05, 0.1) is 18.8 Å². The summed E-state index contributed by atoms with van der Waals surface area (Å²) in [6, 6.07) is 17.2. The molecule has 104 valence electrons. The predicted molar refractivity (Wildman–Crippen MR) is 78.0 cm³/mol. The van der Waals surface area contributed by atoms with Crippen molar-refractivity contribution >= 4 is 5.97 Å². The lowest BCUT2D eigenvalue weighted by atomic mass is 10.1. The molecule has 0 saturated heterocycles. The van der Waals surface area contributed by atoms with Crippen molar-refractivity contribution in [1.29, 1.82) is 0 Å². The maximum absolute atomic E-state index is 11.5. The summed E-state index contributed by atoms with van der Waals surface area (Å²) in [5.41, 5.74) is 1.72. The molecular formula is C17H18O3.